The zero-order chi connectivity index (χ0) is 14.6. The van der Waals surface area contributed by atoms with E-state index >= 15 is 0 Å². The maximum Gasteiger partial charge on any atom is 0.416 e. The van der Waals surface area contributed by atoms with Crippen molar-refractivity contribution in [1.82, 2.24) is 5.32 Å². The quantitative estimate of drug-likeness (QED) is 0.782. The molecule has 1 aromatic rings. The molecule has 0 saturated heterocycles. The summed E-state index contributed by atoms with van der Waals surface area (Å²) in [6.07, 6.45) is -7.39. The first-order valence-corrected chi connectivity index (χ1v) is 6.02. The van der Waals surface area contributed by atoms with Gasteiger partial charge >= 0.3 is 6.18 Å². The lowest BCUT2D eigenvalue weighted by Gasteiger charge is -2.22. The van der Waals surface area contributed by atoms with Crippen LogP contribution in [-0.2, 0) is 6.18 Å². The molecule has 108 valence electrons. The Morgan fingerprint density at radius 3 is 2.47 bits per heavy atom. The van der Waals surface area contributed by atoms with Gasteiger partial charge in [-0.2, -0.15) is 13.2 Å². The van der Waals surface area contributed by atoms with E-state index in [1.807, 2.05) is 0 Å². The fourth-order valence-electron chi connectivity index (χ4n) is 1.69. The van der Waals surface area contributed by atoms with Crippen LogP contribution in [0.1, 0.15) is 23.7 Å². The molecule has 0 heterocycles. The summed E-state index contributed by atoms with van der Waals surface area (Å²) in [4.78, 5) is 0. The summed E-state index contributed by atoms with van der Waals surface area (Å²) in [5.74, 6) is 0. The molecule has 0 fully saturated rings. The van der Waals surface area contributed by atoms with Gasteiger partial charge in [0, 0.05) is 5.02 Å². The second-order valence-corrected chi connectivity index (χ2v) is 4.57. The third kappa shape index (κ3) is 4.35. The van der Waals surface area contributed by atoms with Gasteiger partial charge in [0.05, 0.1) is 11.7 Å². The Labute approximate surface area is 114 Å². The highest BCUT2D eigenvalue weighted by Crippen LogP contribution is 2.37. The molecule has 2 unspecified atom stereocenters. The summed E-state index contributed by atoms with van der Waals surface area (Å²) in [5, 5.41) is 22.2. The molecular weight excluding hydrogens is 283 g/mol. The van der Waals surface area contributed by atoms with Crippen LogP contribution in [0.2, 0.25) is 5.02 Å². The number of halogens is 4. The van der Waals surface area contributed by atoms with Crippen LogP contribution in [0.3, 0.4) is 0 Å². The SMILES string of the molecule is CNCCC(O)C(O)c1ccc(Cl)cc1C(F)(F)F. The van der Waals surface area contributed by atoms with Crippen molar-refractivity contribution >= 4 is 11.6 Å². The van der Waals surface area contributed by atoms with Gasteiger partial charge in [0.1, 0.15) is 6.10 Å². The Hall–Kier alpha value is -0.820. The third-order valence-corrected chi connectivity index (χ3v) is 2.93. The van der Waals surface area contributed by atoms with Crippen molar-refractivity contribution in [1.29, 1.82) is 0 Å². The topological polar surface area (TPSA) is 52.5 Å². The lowest BCUT2D eigenvalue weighted by molar-refractivity contribution is -0.140. The molecule has 0 spiro atoms. The zero-order valence-electron chi connectivity index (χ0n) is 10.2. The molecule has 0 amide bonds. The number of rotatable bonds is 5. The first-order chi connectivity index (χ1) is 8.77. The average molecular weight is 298 g/mol. The minimum Gasteiger partial charge on any atom is -0.390 e. The standard InChI is InChI=1S/C12H15ClF3NO2/c1-17-5-4-10(18)11(19)8-3-2-7(13)6-9(8)12(14,15)16/h2-3,6,10-11,17-19H,4-5H2,1H3. The van der Waals surface area contributed by atoms with Crippen LogP contribution in [0.4, 0.5) is 13.2 Å². The summed E-state index contributed by atoms with van der Waals surface area (Å²) >= 11 is 5.54. The van der Waals surface area contributed by atoms with E-state index in [1.54, 1.807) is 7.05 Å². The second-order valence-electron chi connectivity index (χ2n) is 4.13. The molecular formula is C12H15ClF3NO2. The number of aliphatic hydroxyl groups excluding tert-OH is 2. The molecule has 0 bridgehead atoms. The summed E-state index contributed by atoms with van der Waals surface area (Å²) in [6, 6.07) is 3.07. The molecule has 2 atom stereocenters. The Bertz CT molecular complexity index is 426. The summed E-state index contributed by atoms with van der Waals surface area (Å²) in [6.45, 7) is 0.382. The van der Waals surface area contributed by atoms with E-state index in [0.29, 0.717) is 6.54 Å². The Kier molecular flexibility index (Phi) is 5.61. The Balaban J connectivity index is 3.05. The van der Waals surface area contributed by atoms with Crippen molar-refractivity contribution in [2.75, 3.05) is 13.6 Å². The van der Waals surface area contributed by atoms with Crippen molar-refractivity contribution in [2.45, 2.75) is 24.8 Å². The number of hydrogen-bond donors (Lipinski definition) is 3. The van der Waals surface area contributed by atoms with Crippen LogP contribution < -0.4 is 5.32 Å². The van der Waals surface area contributed by atoms with Crippen LogP contribution in [0.5, 0.6) is 0 Å². The smallest absolute Gasteiger partial charge is 0.390 e. The van der Waals surface area contributed by atoms with Gasteiger partial charge in [0.2, 0.25) is 0 Å². The maximum absolute atomic E-state index is 12.8. The lowest BCUT2D eigenvalue weighted by Crippen LogP contribution is -2.25. The monoisotopic (exact) mass is 297 g/mol. The molecule has 0 radical (unpaired) electrons. The molecule has 7 heteroatoms. The normalized spacial score (nSPS) is 15.3. The minimum atomic E-state index is -4.63. The van der Waals surface area contributed by atoms with E-state index < -0.39 is 23.9 Å². The van der Waals surface area contributed by atoms with Gasteiger partial charge in [-0.05, 0) is 37.7 Å². The highest BCUT2D eigenvalue weighted by molar-refractivity contribution is 6.30. The predicted octanol–water partition coefficient (Wildman–Crippen LogP) is 2.36. The van der Waals surface area contributed by atoms with Crippen molar-refractivity contribution in [3.05, 3.63) is 34.3 Å². The number of hydrogen-bond acceptors (Lipinski definition) is 3. The van der Waals surface area contributed by atoms with Gasteiger partial charge in [-0.25, -0.2) is 0 Å². The predicted molar refractivity (Wildman–Crippen MR) is 66.0 cm³/mol. The third-order valence-electron chi connectivity index (χ3n) is 2.69. The number of nitrogens with one attached hydrogen (secondary N) is 1. The number of aliphatic hydroxyl groups is 2. The van der Waals surface area contributed by atoms with E-state index in [0.717, 1.165) is 12.1 Å². The maximum atomic E-state index is 12.8. The van der Waals surface area contributed by atoms with Crippen molar-refractivity contribution in [3.63, 3.8) is 0 Å². The van der Waals surface area contributed by atoms with E-state index in [-0.39, 0.29) is 17.0 Å². The minimum absolute atomic E-state index is 0.0759. The van der Waals surface area contributed by atoms with E-state index in [1.165, 1.54) is 6.07 Å². The molecule has 1 rings (SSSR count). The molecule has 1 aromatic carbocycles. The van der Waals surface area contributed by atoms with Gasteiger partial charge in [0.25, 0.3) is 0 Å². The van der Waals surface area contributed by atoms with E-state index in [9.17, 15) is 23.4 Å². The summed E-state index contributed by atoms with van der Waals surface area (Å²) in [7, 11) is 1.64. The van der Waals surface area contributed by atoms with Crippen molar-refractivity contribution in [3.8, 4) is 0 Å². The first-order valence-electron chi connectivity index (χ1n) is 5.64. The second kappa shape index (κ2) is 6.56. The molecule has 3 N–H and O–H groups in total. The molecule has 0 aliphatic rings. The van der Waals surface area contributed by atoms with Gasteiger partial charge in [0.15, 0.2) is 0 Å². The molecule has 0 saturated carbocycles. The van der Waals surface area contributed by atoms with Crippen molar-refractivity contribution < 1.29 is 23.4 Å². The molecule has 0 aliphatic carbocycles. The summed E-state index contributed by atoms with van der Waals surface area (Å²) in [5.41, 5.74) is -1.41. The van der Waals surface area contributed by atoms with Crippen LogP contribution in [-0.4, -0.2) is 29.9 Å². The number of alkyl halides is 3. The average Bonchev–Trinajstić information content (AvgIpc) is 2.34. The Morgan fingerprint density at radius 2 is 1.95 bits per heavy atom. The van der Waals surface area contributed by atoms with Gasteiger partial charge in [-0.1, -0.05) is 17.7 Å². The zero-order valence-corrected chi connectivity index (χ0v) is 11.0. The lowest BCUT2D eigenvalue weighted by atomic mass is 9.96. The van der Waals surface area contributed by atoms with Crippen LogP contribution in [0, 0.1) is 0 Å². The Morgan fingerprint density at radius 1 is 1.32 bits per heavy atom. The van der Waals surface area contributed by atoms with E-state index in [2.05, 4.69) is 5.32 Å². The molecule has 0 aromatic heterocycles. The van der Waals surface area contributed by atoms with Gasteiger partial charge < -0.3 is 15.5 Å². The number of benzene rings is 1. The first kappa shape index (κ1) is 16.2. The van der Waals surface area contributed by atoms with Crippen LogP contribution >= 0.6 is 11.6 Å². The fourth-order valence-corrected chi connectivity index (χ4v) is 1.86. The van der Waals surface area contributed by atoms with Crippen molar-refractivity contribution in [2.24, 2.45) is 0 Å². The highest BCUT2D eigenvalue weighted by atomic mass is 35.5. The molecule has 0 aliphatic heterocycles. The largest absolute Gasteiger partial charge is 0.416 e. The van der Waals surface area contributed by atoms with Crippen LogP contribution in [0.15, 0.2) is 18.2 Å². The molecule has 3 nitrogen and oxygen atoms in total. The van der Waals surface area contributed by atoms with E-state index in [4.69, 9.17) is 11.6 Å². The van der Waals surface area contributed by atoms with Gasteiger partial charge in [-0.3, -0.25) is 0 Å². The fraction of sp³-hybridized carbons (Fsp3) is 0.500. The van der Waals surface area contributed by atoms with Gasteiger partial charge in [-0.15, -0.1) is 0 Å². The molecule has 19 heavy (non-hydrogen) atoms. The van der Waals surface area contributed by atoms with Crippen LogP contribution in [0.25, 0.3) is 0 Å². The summed E-state index contributed by atoms with van der Waals surface area (Å²) < 4.78 is 38.5. The highest BCUT2D eigenvalue weighted by Gasteiger charge is 2.36.